The highest BCUT2D eigenvalue weighted by Gasteiger charge is 2.16. The van der Waals surface area contributed by atoms with Crippen LogP contribution in [0.5, 0.6) is 0 Å². The normalized spacial score (nSPS) is 11.3. The van der Waals surface area contributed by atoms with Gasteiger partial charge < -0.3 is 5.32 Å². The number of aryl methyl sites for hydroxylation is 1. The first kappa shape index (κ1) is 14.1. The summed E-state index contributed by atoms with van der Waals surface area (Å²) in [7, 11) is -5.04. The van der Waals surface area contributed by atoms with Crippen LogP contribution in [0.4, 0.5) is 14.0 Å². The largest absolute Gasteiger partial charge is 0.418 e. The molecule has 0 atom stereocenters. The van der Waals surface area contributed by atoms with Crippen molar-refractivity contribution in [2.75, 3.05) is 5.32 Å². The fourth-order valence-corrected chi connectivity index (χ4v) is 1.95. The van der Waals surface area contributed by atoms with Crippen LogP contribution in [-0.4, -0.2) is 23.5 Å². The SMILES string of the molecule is Cc1cc(F)cc(NC(=O)c2ccn(S(=O)(=O)F)n2)c1. The van der Waals surface area contributed by atoms with Crippen molar-refractivity contribution >= 4 is 22.0 Å². The van der Waals surface area contributed by atoms with Gasteiger partial charge in [-0.05, 0) is 36.8 Å². The van der Waals surface area contributed by atoms with Crippen molar-refractivity contribution in [2.45, 2.75) is 6.92 Å². The number of nitrogens with one attached hydrogen (secondary N) is 1. The van der Waals surface area contributed by atoms with Gasteiger partial charge in [0.25, 0.3) is 5.91 Å². The van der Waals surface area contributed by atoms with Crippen molar-refractivity contribution in [3.63, 3.8) is 0 Å². The van der Waals surface area contributed by atoms with Crippen LogP contribution >= 0.6 is 0 Å². The predicted octanol–water partition coefficient (Wildman–Crippen LogP) is 1.65. The van der Waals surface area contributed by atoms with E-state index in [1.165, 1.54) is 12.1 Å². The summed E-state index contributed by atoms with van der Waals surface area (Å²) >= 11 is 0. The zero-order valence-corrected chi connectivity index (χ0v) is 11.0. The van der Waals surface area contributed by atoms with Gasteiger partial charge in [-0.25, -0.2) is 4.39 Å². The topological polar surface area (TPSA) is 81.1 Å². The zero-order valence-electron chi connectivity index (χ0n) is 10.2. The quantitative estimate of drug-likeness (QED) is 0.874. The summed E-state index contributed by atoms with van der Waals surface area (Å²) in [6.45, 7) is 1.64. The van der Waals surface area contributed by atoms with E-state index in [9.17, 15) is 21.5 Å². The Labute approximate surface area is 113 Å². The van der Waals surface area contributed by atoms with Crippen molar-refractivity contribution in [3.8, 4) is 0 Å². The number of anilines is 1. The van der Waals surface area contributed by atoms with E-state index in [0.717, 1.165) is 18.3 Å². The first-order valence-corrected chi connectivity index (χ1v) is 6.69. The minimum Gasteiger partial charge on any atom is -0.320 e. The number of nitrogens with zero attached hydrogens (tertiary/aromatic N) is 2. The molecule has 0 aliphatic carbocycles. The lowest BCUT2D eigenvalue weighted by molar-refractivity contribution is 0.102. The van der Waals surface area contributed by atoms with Crippen LogP contribution in [0.2, 0.25) is 0 Å². The van der Waals surface area contributed by atoms with E-state index >= 15 is 0 Å². The van der Waals surface area contributed by atoms with Crippen LogP contribution in [0.3, 0.4) is 0 Å². The smallest absolute Gasteiger partial charge is 0.320 e. The molecule has 1 aromatic carbocycles. The molecule has 0 unspecified atom stereocenters. The first-order chi connectivity index (χ1) is 9.25. The minimum absolute atomic E-state index is 0.0265. The molecule has 0 saturated heterocycles. The Hall–Kier alpha value is -2.29. The molecule has 0 spiro atoms. The lowest BCUT2D eigenvalue weighted by Gasteiger charge is -2.04. The summed E-state index contributed by atoms with van der Waals surface area (Å²) in [5.74, 6) is -1.31. The maximum Gasteiger partial charge on any atom is 0.418 e. The van der Waals surface area contributed by atoms with E-state index in [0.29, 0.717) is 5.56 Å². The molecule has 6 nitrogen and oxygen atoms in total. The highest BCUT2D eigenvalue weighted by atomic mass is 32.3. The lowest BCUT2D eigenvalue weighted by Crippen LogP contribution is -2.15. The van der Waals surface area contributed by atoms with Gasteiger partial charge in [-0.2, -0.15) is 13.5 Å². The Morgan fingerprint density at radius 2 is 2.05 bits per heavy atom. The van der Waals surface area contributed by atoms with Crippen LogP contribution in [-0.2, 0) is 10.4 Å². The number of halogens is 2. The third-order valence-corrected chi connectivity index (χ3v) is 2.97. The van der Waals surface area contributed by atoms with Crippen molar-refractivity contribution < 1.29 is 21.5 Å². The highest BCUT2D eigenvalue weighted by molar-refractivity contribution is 7.84. The van der Waals surface area contributed by atoms with Gasteiger partial charge in [-0.1, -0.05) is 3.89 Å². The fourth-order valence-electron chi connectivity index (χ4n) is 1.55. The number of carbonyl (C=O) groups excluding carboxylic acids is 1. The molecule has 2 aromatic rings. The molecule has 0 fully saturated rings. The van der Waals surface area contributed by atoms with Gasteiger partial charge in [0.1, 0.15) is 5.82 Å². The van der Waals surface area contributed by atoms with E-state index < -0.39 is 22.1 Å². The van der Waals surface area contributed by atoms with Gasteiger partial charge in [0.2, 0.25) is 0 Å². The summed E-state index contributed by atoms with van der Waals surface area (Å²) in [5, 5.41) is 5.60. The molecular formula is C11H9F2N3O3S. The second kappa shape index (κ2) is 5.00. The third-order valence-electron chi connectivity index (χ3n) is 2.32. The molecule has 1 aromatic heterocycles. The Morgan fingerprint density at radius 3 is 2.60 bits per heavy atom. The highest BCUT2D eigenvalue weighted by Crippen LogP contribution is 2.14. The van der Waals surface area contributed by atoms with E-state index in [4.69, 9.17) is 0 Å². The summed E-state index contributed by atoms with van der Waals surface area (Å²) in [6, 6.07) is 4.91. The number of aromatic nitrogens is 2. The second-order valence-corrected chi connectivity index (χ2v) is 5.19. The molecular weight excluding hydrogens is 292 g/mol. The van der Waals surface area contributed by atoms with E-state index in [-0.39, 0.29) is 15.5 Å². The maximum absolute atomic E-state index is 13.1. The number of amides is 1. The number of hydrogen-bond acceptors (Lipinski definition) is 4. The molecule has 0 aliphatic heterocycles. The summed E-state index contributed by atoms with van der Waals surface area (Å²) in [5.41, 5.74) is 0.468. The molecule has 1 N–H and O–H groups in total. The average Bonchev–Trinajstić information content (AvgIpc) is 2.75. The average molecular weight is 301 g/mol. The van der Waals surface area contributed by atoms with Crippen LogP contribution in [0, 0.1) is 12.7 Å². The predicted molar refractivity (Wildman–Crippen MR) is 66.7 cm³/mol. The van der Waals surface area contributed by atoms with Crippen LogP contribution in [0.1, 0.15) is 16.1 Å². The van der Waals surface area contributed by atoms with Crippen LogP contribution < -0.4 is 5.32 Å². The second-order valence-electron chi connectivity index (χ2n) is 3.99. The zero-order chi connectivity index (χ0) is 14.9. The van der Waals surface area contributed by atoms with Gasteiger partial charge in [0.15, 0.2) is 5.69 Å². The standard InChI is InChI=1S/C11H9F2N3O3S/c1-7-4-8(12)6-9(5-7)14-11(17)10-2-3-16(15-10)20(13,18)19/h2-6H,1H3,(H,14,17). The number of rotatable bonds is 3. The third kappa shape index (κ3) is 3.18. The molecule has 106 valence electrons. The molecule has 0 radical (unpaired) electrons. The first-order valence-electron chi connectivity index (χ1n) is 5.35. The molecule has 9 heteroatoms. The number of carbonyl (C=O) groups is 1. The van der Waals surface area contributed by atoms with Crippen molar-refractivity contribution in [3.05, 3.63) is 47.5 Å². The minimum atomic E-state index is -5.04. The van der Waals surface area contributed by atoms with Crippen LogP contribution in [0.15, 0.2) is 30.5 Å². The van der Waals surface area contributed by atoms with Gasteiger partial charge in [-0.3, -0.25) is 4.79 Å². The van der Waals surface area contributed by atoms with Gasteiger partial charge in [-0.15, -0.1) is 4.09 Å². The van der Waals surface area contributed by atoms with Crippen molar-refractivity contribution in [1.82, 2.24) is 9.19 Å². The fraction of sp³-hybridized carbons (Fsp3) is 0.0909. The summed E-state index contributed by atoms with van der Waals surface area (Å²) in [4.78, 5) is 11.8. The lowest BCUT2D eigenvalue weighted by atomic mass is 10.2. The Kier molecular flexibility index (Phi) is 3.53. The van der Waals surface area contributed by atoms with Crippen molar-refractivity contribution in [1.29, 1.82) is 0 Å². The van der Waals surface area contributed by atoms with E-state index in [2.05, 4.69) is 10.4 Å². The van der Waals surface area contributed by atoms with E-state index in [1.54, 1.807) is 6.92 Å². The number of hydrogen-bond donors (Lipinski definition) is 1. The molecule has 0 aliphatic rings. The van der Waals surface area contributed by atoms with Gasteiger partial charge >= 0.3 is 10.4 Å². The molecule has 0 bridgehead atoms. The Morgan fingerprint density at radius 1 is 1.35 bits per heavy atom. The van der Waals surface area contributed by atoms with E-state index in [1.807, 2.05) is 0 Å². The molecule has 20 heavy (non-hydrogen) atoms. The number of benzene rings is 1. The summed E-state index contributed by atoms with van der Waals surface area (Å²) < 4.78 is 46.9. The molecule has 0 saturated carbocycles. The van der Waals surface area contributed by atoms with Gasteiger partial charge in [0.05, 0.1) is 0 Å². The maximum atomic E-state index is 13.1. The Balaban J connectivity index is 2.22. The van der Waals surface area contributed by atoms with Crippen molar-refractivity contribution in [2.24, 2.45) is 0 Å². The van der Waals surface area contributed by atoms with Crippen LogP contribution in [0.25, 0.3) is 0 Å². The molecule has 1 amide bonds. The molecule has 2 rings (SSSR count). The molecule has 1 heterocycles. The monoisotopic (exact) mass is 301 g/mol. The van der Waals surface area contributed by atoms with Gasteiger partial charge in [0, 0.05) is 11.9 Å². The Bertz CT molecular complexity index is 751. The summed E-state index contributed by atoms with van der Waals surface area (Å²) in [6.07, 6.45) is 0.793.